The first-order valence-corrected chi connectivity index (χ1v) is 8.42. The molecule has 1 fully saturated rings. The van der Waals surface area contributed by atoms with Crippen molar-refractivity contribution in [1.29, 1.82) is 0 Å². The van der Waals surface area contributed by atoms with Crippen LogP contribution in [0.5, 0.6) is 0 Å². The summed E-state index contributed by atoms with van der Waals surface area (Å²) in [6.07, 6.45) is 1.45. The number of nitrogens with zero attached hydrogens (tertiary/aromatic N) is 3. The molecule has 5 heteroatoms. The van der Waals surface area contributed by atoms with E-state index in [0.717, 1.165) is 18.7 Å². The lowest BCUT2D eigenvalue weighted by atomic mass is 10.1. The lowest BCUT2D eigenvalue weighted by molar-refractivity contribution is 0.0746. The topological polar surface area (TPSA) is 49.6 Å². The van der Waals surface area contributed by atoms with Crippen LogP contribution in [-0.4, -0.2) is 42.1 Å². The first-order valence-electron chi connectivity index (χ1n) is 8.42. The van der Waals surface area contributed by atoms with Crippen molar-refractivity contribution >= 4 is 11.6 Å². The van der Waals surface area contributed by atoms with Crippen molar-refractivity contribution in [1.82, 2.24) is 10.1 Å². The molecule has 1 aliphatic rings. The van der Waals surface area contributed by atoms with Gasteiger partial charge in [-0.1, -0.05) is 53.7 Å². The molecular formula is C20H19N3O2. The molecule has 1 saturated heterocycles. The van der Waals surface area contributed by atoms with E-state index < -0.39 is 0 Å². The zero-order valence-electron chi connectivity index (χ0n) is 13.8. The second-order valence-corrected chi connectivity index (χ2v) is 6.06. The molecule has 0 spiro atoms. The van der Waals surface area contributed by atoms with Crippen LogP contribution in [0.1, 0.15) is 10.4 Å². The Balaban J connectivity index is 1.48. The Hall–Kier alpha value is -3.08. The van der Waals surface area contributed by atoms with E-state index in [1.54, 1.807) is 0 Å². The third-order valence-electron chi connectivity index (χ3n) is 4.54. The van der Waals surface area contributed by atoms with E-state index >= 15 is 0 Å². The molecule has 2 heterocycles. The molecule has 0 aliphatic carbocycles. The third-order valence-corrected chi connectivity index (χ3v) is 4.54. The van der Waals surface area contributed by atoms with Crippen LogP contribution in [0.2, 0.25) is 0 Å². The molecule has 126 valence electrons. The number of piperazine rings is 1. The number of anilines is 1. The van der Waals surface area contributed by atoms with Crippen LogP contribution in [0.3, 0.4) is 0 Å². The van der Waals surface area contributed by atoms with Gasteiger partial charge in [0, 0.05) is 37.4 Å². The second kappa shape index (κ2) is 6.81. The molecular weight excluding hydrogens is 314 g/mol. The van der Waals surface area contributed by atoms with Crippen molar-refractivity contribution < 1.29 is 9.32 Å². The molecule has 0 atom stereocenters. The number of hydrogen-bond donors (Lipinski definition) is 0. The Morgan fingerprint density at radius 1 is 0.880 bits per heavy atom. The highest BCUT2D eigenvalue weighted by Crippen LogP contribution is 2.24. The number of amides is 1. The lowest BCUT2D eigenvalue weighted by Crippen LogP contribution is -2.48. The molecule has 1 aromatic heterocycles. The van der Waals surface area contributed by atoms with E-state index in [4.69, 9.17) is 4.52 Å². The maximum Gasteiger partial charge on any atom is 0.259 e. The van der Waals surface area contributed by atoms with Crippen LogP contribution in [0, 0.1) is 0 Å². The average molecular weight is 333 g/mol. The predicted molar refractivity (Wildman–Crippen MR) is 96.5 cm³/mol. The Morgan fingerprint density at radius 2 is 1.52 bits per heavy atom. The van der Waals surface area contributed by atoms with Crippen molar-refractivity contribution in [3.05, 3.63) is 72.5 Å². The summed E-state index contributed by atoms with van der Waals surface area (Å²) in [5.41, 5.74) is 3.22. The molecule has 1 aliphatic heterocycles. The number of carbonyl (C=O) groups excluding carboxylic acids is 1. The van der Waals surface area contributed by atoms with Crippen molar-refractivity contribution in [3.8, 4) is 11.3 Å². The average Bonchev–Trinajstić information content (AvgIpc) is 3.19. The first kappa shape index (κ1) is 15.4. The zero-order valence-corrected chi connectivity index (χ0v) is 13.8. The van der Waals surface area contributed by atoms with Crippen LogP contribution in [-0.2, 0) is 0 Å². The normalized spacial score (nSPS) is 14.6. The van der Waals surface area contributed by atoms with Crippen LogP contribution in [0.15, 0.2) is 71.4 Å². The zero-order chi connectivity index (χ0) is 17.1. The van der Waals surface area contributed by atoms with Crippen LogP contribution in [0.4, 0.5) is 5.69 Å². The highest BCUT2D eigenvalue weighted by Gasteiger charge is 2.26. The molecule has 0 unspecified atom stereocenters. The molecule has 5 nitrogen and oxygen atoms in total. The van der Waals surface area contributed by atoms with Crippen LogP contribution >= 0.6 is 0 Å². The summed E-state index contributed by atoms with van der Waals surface area (Å²) in [6.45, 7) is 3.02. The minimum atomic E-state index is -0.0205. The van der Waals surface area contributed by atoms with Gasteiger partial charge in [-0.05, 0) is 12.1 Å². The monoisotopic (exact) mass is 333 g/mol. The van der Waals surface area contributed by atoms with Gasteiger partial charge in [0.05, 0.1) is 0 Å². The summed E-state index contributed by atoms with van der Waals surface area (Å²) in [5.74, 6) is -0.0205. The van der Waals surface area contributed by atoms with Gasteiger partial charge in [0.15, 0.2) is 0 Å². The maximum atomic E-state index is 12.9. The van der Waals surface area contributed by atoms with Gasteiger partial charge in [0.25, 0.3) is 5.91 Å². The molecule has 0 radical (unpaired) electrons. The SMILES string of the molecule is O=C(c1conc1-c1ccccc1)N1CCN(c2ccccc2)CC1. The van der Waals surface area contributed by atoms with Crippen molar-refractivity contribution in [3.63, 3.8) is 0 Å². The van der Waals surface area contributed by atoms with E-state index in [-0.39, 0.29) is 5.91 Å². The van der Waals surface area contributed by atoms with Gasteiger partial charge >= 0.3 is 0 Å². The molecule has 0 bridgehead atoms. The van der Waals surface area contributed by atoms with E-state index in [1.807, 2.05) is 53.4 Å². The smallest absolute Gasteiger partial charge is 0.259 e. The quantitative estimate of drug-likeness (QED) is 0.738. The Kier molecular flexibility index (Phi) is 4.21. The van der Waals surface area contributed by atoms with Crippen LogP contribution in [0.25, 0.3) is 11.3 Å². The van der Waals surface area contributed by atoms with Gasteiger partial charge in [0.1, 0.15) is 17.5 Å². The van der Waals surface area contributed by atoms with Crippen LogP contribution < -0.4 is 4.90 Å². The van der Waals surface area contributed by atoms with Gasteiger partial charge in [-0.15, -0.1) is 0 Å². The fourth-order valence-electron chi connectivity index (χ4n) is 3.17. The first-order chi connectivity index (χ1) is 12.3. The fraction of sp³-hybridized carbons (Fsp3) is 0.200. The van der Waals surface area contributed by atoms with Crippen molar-refractivity contribution in [2.24, 2.45) is 0 Å². The van der Waals surface area contributed by atoms with Gasteiger partial charge in [-0.3, -0.25) is 4.79 Å². The number of aromatic nitrogens is 1. The molecule has 3 aromatic rings. The summed E-state index contributed by atoms with van der Waals surface area (Å²) in [5, 5.41) is 4.03. The Morgan fingerprint density at radius 3 is 2.20 bits per heavy atom. The summed E-state index contributed by atoms with van der Waals surface area (Å²) in [7, 11) is 0. The van der Waals surface area contributed by atoms with Crippen molar-refractivity contribution in [2.75, 3.05) is 31.1 Å². The number of benzene rings is 2. The van der Waals surface area contributed by atoms with Gasteiger partial charge in [-0.2, -0.15) is 0 Å². The molecule has 0 N–H and O–H groups in total. The molecule has 4 rings (SSSR count). The number of rotatable bonds is 3. The van der Waals surface area contributed by atoms with Gasteiger partial charge in [-0.25, -0.2) is 0 Å². The van der Waals surface area contributed by atoms with Gasteiger partial charge < -0.3 is 14.3 Å². The maximum absolute atomic E-state index is 12.9. The summed E-state index contributed by atoms with van der Waals surface area (Å²) >= 11 is 0. The van der Waals surface area contributed by atoms with E-state index in [1.165, 1.54) is 12.0 Å². The molecule has 25 heavy (non-hydrogen) atoms. The standard InChI is InChI=1S/C20H19N3O2/c24-20(18-15-25-21-19(18)16-7-3-1-4-8-16)23-13-11-22(12-14-23)17-9-5-2-6-10-17/h1-10,15H,11-14H2. The lowest BCUT2D eigenvalue weighted by Gasteiger charge is -2.36. The second-order valence-electron chi connectivity index (χ2n) is 6.06. The van der Waals surface area contributed by atoms with E-state index in [2.05, 4.69) is 22.2 Å². The third kappa shape index (κ3) is 3.13. The summed E-state index contributed by atoms with van der Waals surface area (Å²) in [6, 6.07) is 20.0. The highest BCUT2D eigenvalue weighted by molar-refractivity contribution is 5.99. The Bertz CT molecular complexity index is 838. The predicted octanol–water partition coefficient (Wildman–Crippen LogP) is 3.30. The minimum absolute atomic E-state index is 0.0205. The largest absolute Gasteiger partial charge is 0.368 e. The number of carbonyl (C=O) groups is 1. The Labute approximate surface area is 146 Å². The summed E-state index contributed by atoms with van der Waals surface area (Å²) in [4.78, 5) is 17.1. The summed E-state index contributed by atoms with van der Waals surface area (Å²) < 4.78 is 5.09. The van der Waals surface area contributed by atoms with E-state index in [9.17, 15) is 4.79 Å². The molecule has 2 aromatic carbocycles. The number of para-hydroxylation sites is 1. The molecule has 0 saturated carbocycles. The minimum Gasteiger partial charge on any atom is -0.368 e. The van der Waals surface area contributed by atoms with E-state index in [0.29, 0.717) is 24.3 Å². The van der Waals surface area contributed by atoms with Crippen molar-refractivity contribution in [2.45, 2.75) is 0 Å². The fourth-order valence-corrected chi connectivity index (χ4v) is 3.17. The highest BCUT2D eigenvalue weighted by atomic mass is 16.5. The van der Waals surface area contributed by atoms with Gasteiger partial charge in [0.2, 0.25) is 0 Å². The number of hydrogen-bond acceptors (Lipinski definition) is 4. The molecule has 1 amide bonds.